The van der Waals surface area contributed by atoms with E-state index < -0.39 is 38.8 Å². The van der Waals surface area contributed by atoms with Crippen LogP contribution in [-0.4, -0.2) is 42.3 Å². The second-order valence-corrected chi connectivity index (χ2v) is 11.6. The fraction of sp³-hybridized carbons (Fsp3) is 0.333. The van der Waals surface area contributed by atoms with Crippen molar-refractivity contribution in [3.63, 3.8) is 0 Å². The lowest BCUT2D eigenvalue weighted by molar-refractivity contribution is -0.137. The van der Waals surface area contributed by atoms with Gasteiger partial charge in [0.25, 0.3) is 5.91 Å². The van der Waals surface area contributed by atoms with Crippen LogP contribution in [0, 0.1) is 6.92 Å². The van der Waals surface area contributed by atoms with Crippen LogP contribution < -0.4 is 4.90 Å². The van der Waals surface area contributed by atoms with Gasteiger partial charge in [0, 0.05) is 5.25 Å². The number of alkyl halides is 3. The van der Waals surface area contributed by atoms with Crippen LogP contribution >= 0.6 is 23.4 Å². The van der Waals surface area contributed by atoms with Crippen molar-refractivity contribution in [3.05, 3.63) is 64.2 Å². The number of amidine groups is 1. The van der Waals surface area contributed by atoms with E-state index >= 15 is 0 Å². The van der Waals surface area contributed by atoms with Crippen LogP contribution in [0.15, 0.2) is 47.5 Å². The van der Waals surface area contributed by atoms with Crippen molar-refractivity contribution < 1.29 is 26.4 Å². The van der Waals surface area contributed by atoms with Crippen molar-refractivity contribution in [2.24, 2.45) is 4.99 Å². The Hall–Kier alpha value is -2.04. The number of hydrogen-bond donors (Lipinski definition) is 0. The standard InChI is InChI=1S/C21H18ClF3N2O3S2/c1-12-3-2-4-13(7-12)8-19(28)26-20-27(17-10-32(29,30)11-18(17)31-20)16-9-14(21(23,24)25)5-6-15(16)22/h2-7,9,17-18H,8,10-11H2,1H3/t17-,18+/m1/s1. The van der Waals surface area contributed by atoms with Crippen molar-refractivity contribution in [1.29, 1.82) is 0 Å². The van der Waals surface area contributed by atoms with Gasteiger partial charge in [0.15, 0.2) is 15.0 Å². The Labute approximate surface area is 192 Å². The third-order valence-electron chi connectivity index (χ3n) is 5.26. The van der Waals surface area contributed by atoms with Crippen LogP contribution in [0.5, 0.6) is 0 Å². The highest BCUT2D eigenvalue weighted by molar-refractivity contribution is 8.16. The predicted molar refractivity (Wildman–Crippen MR) is 120 cm³/mol. The Morgan fingerprint density at radius 1 is 1.22 bits per heavy atom. The van der Waals surface area contributed by atoms with Crippen molar-refractivity contribution >= 4 is 50.0 Å². The second kappa shape index (κ2) is 8.39. The quantitative estimate of drug-likeness (QED) is 0.617. The number of carbonyl (C=O) groups is 1. The molecule has 2 fully saturated rings. The number of anilines is 1. The Balaban J connectivity index is 1.72. The number of aryl methyl sites for hydroxylation is 1. The van der Waals surface area contributed by atoms with Crippen LogP contribution in [0.3, 0.4) is 0 Å². The van der Waals surface area contributed by atoms with E-state index in [0.29, 0.717) is 0 Å². The Bertz CT molecular complexity index is 1220. The van der Waals surface area contributed by atoms with Gasteiger partial charge in [-0.2, -0.15) is 18.2 Å². The first kappa shape index (κ1) is 23.1. The Kier molecular flexibility index (Phi) is 6.06. The number of benzene rings is 2. The van der Waals surface area contributed by atoms with E-state index in [1.807, 2.05) is 25.1 Å². The third kappa shape index (κ3) is 4.82. The molecule has 5 nitrogen and oxygen atoms in total. The maximum Gasteiger partial charge on any atom is 0.416 e. The fourth-order valence-corrected chi connectivity index (χ4v) is 8.00. The van der Waals surface area contributed by atoms with Gasteiger partial charge in [0.05, 0.1) is 40.2 Å². The average molecular weight is 503 g/mol. The summed E-state index contributed by atoms with van der Waals surface area (Å²) in [5.41, 5.74) is 0.807. The van der Waals surface area contributed by atoms with Gasteiger partial charge in [0.2, 0.25) is 0 Å². The zero-order chi connectivity index (χ0) is 23.3. The number of amides is 1. The molecule has 2 aromatic rings. The molecule has 0 spiro atoms. The summed E-state index contributed by atoms with van der Waals surface area (Å²) in [4.78, 5) is 18.2. The molecule has 2 atom stereocenters. The molecule has 4 rings (SSSR count). The summed E-state index contributed by atoms with van der Waals surface area (Å²) >= 11 is 7.32. The van der Waals surface area contributed by atoms with Crippen LogP contribution in [0.25, 0.3) is 0 Å². The molecule has 2 aliphatic rings. The van der Waals surface area contributed by atoms with Crippen molar-refractivity contribution in [2.75, 3.05) is 16.4 Å². The lowest BCUT2D eigenvalue weighted by Crippen LogP contribution is -2.38. The zero-order valence-electron chi connectivity index (χ0n) is 16.8. The molecule has 1 amide bonds. The number of hydrogen-bond acceptors (Lipinski definition) is 4. The number of sulfone groups is 1. The summed E-state index contributed by atoms with van der Waals surface area (Å²) in [6, 6.07) is 9.54. The molecule has 170 valence electrons. The van der Waals surface area contributed by atoms with Crippen molar-refractivity contribution in [3.8, 4) is 0 Å². The molecule has 0 aliphatic carbocycles. The molecule has 2 aromatic carbocycles. The molecule has 0 unspecified atom stereocenters. The summed E-state index contributed by atoms with van der Waals surface area (Å²) in [5.74, 6) is -0.864. The lowest BCUT2D eigenvalue weighted by atomic mass is 10.1. The Morgan fingerprint density at radius 2 is 1.97 bits per heavy atom. The summed E-state index contributed by atoms with van der Waals surface area (Å²) in [6.07, 6.45) is -4.59. The monoisotopic (exact) mass is 502 g/mol. The van der Waals surface area contributed by atoms with Crippen LogP contribution in [0.1, 0.15) is 16.7 Å². The minimum Gasteiger partial charge on any atom is -0.314 e. The topological polar surface area (TPSA) is 66.8 Å². The summed E-state index contributed by atoms with van der Waals surface area (Å²) < 4.78 is 64.3. The smallest absolute Gasteiger partial charge is 0.314 e. The maximum absolute atomic E-state index is 13.3. The fourth-order valence-electron chi connectivity index (χ4n) is 3.86. The highest BCUT2D eigenvalue weighted by Gasteiger charge is 2.50. The summed E-state index contributed by atoms with van der Waals surface area (Å²) in [6.45, 7) is 1.89. The van der Waals surface area contributed by atoms with Gasteiger partial charge in [-0.1, -0.05) is 53.2 Å². The van der Waals surface area contributed by atoms with Gasteiger partial charge in [-0.3, -0.25) is 4.79 Å². The minimum atomic E-state index is -4.61. The van der Waals surface area contributed by atoms with Gasteiger partial charge in [-0.25, -0.2) is 8.42 Å². The number of nitrogens with zero attached hydrogens (tertiary/aromatic N) is 2. The third-order valence-corrected chi connectivity index (χ3v) is 8.79. The first-order valence-electron chi connectivity index (χ1n) is 9.63. The van der Waals surface area contributed by atoms with Gasteiger partial charge < -0.3 is 4.90 Å². The first-order valence-corrected chi connectivity index (χ1v) is 12.7. The zero-order valence-corrected chi connectivity index (χ0v) is 19.2. The van der Waals surface area contributed by atoms with Crippen molar-refractivity contribution in [2.45, 2.75) is 30.8 Å². The molecule has 2 heterocycles. The number of fused-ring (bicyclic) bond motifs is 1. The number of thioether (sulfide) groups is 1. The van der Waals surface area contributed by atoms with Gasteiger partial charge in [-0.15, -0.1) is 0 Å². The molecule has 0 aromatic heterocycles. The van der Waals surface area contributed by atoms with E-state index in [0.717, 1.165) is 41.1 Å². The largest absolute Gasteiger partial charge is 0.416 e. The van der Waals surface area contributed by atoms with E-state index in [-0.39, 0.29) is 33.8 Å². The van der Waals surface area contributed by atoms with E-state index in [1.165, 1.54) is 4.90 Å². The molecule has 32 heavy (non-hydrogen) atoms. The molecular weight excluding hydrogens is 485 g/mol. The molecule has 0 N–H and O–H groups in total. The first-order chi connectivity index (χ1) is 14.9. The molecule has 11 heteroatoms. The normalized spacial score (nSPS) is 23.5. The van der Waals surface area contributed by atoms with E-state index in [4.69, 9.17) is 11.6 Å². The second-order valence-electron chi connectivity index (χ2n) is 7.79. The van der Waals surface area contributed by atoms with E-state index in [1.54, 1.807) is 6.07 Å². The molecule has 0 saturated carbocycles. The number of carbonyl (C=O) groups excluding carboxylic acids is 1. The predicted octanol–water partition coefficient (Wildman–Crippen LogP) is 4.51. The van der Waals surface area contributed by atoms with Crippen LogP contribution in [0.2, 0.25) is 5.02 Å². The average Bonchev–Trinajstić information content (AvgIpc) is 3.12. The SMILES string of the molecule is Cc1cccc(CC(=O)N=C2S[C@H]3CS(=O)(=O)C[C@H]3N2c2cc(C(F)(F)F)ccc2Cl)c1. The number of halogens is 4. The van der Waals surface area contributed by atoms with Gasteiger partial charge in [0.1, 0.15) is 0 Å². The Morgan fingerprint density at radius 3 is 2.66 bits per heavy atom. The van der Waals surface area contributed by atoms with Gasteiger partial charge in [-0.05, 0) is 30.7 Å². The van der Waals surface area contributed by atoms with Crippen LogP contribution in [-0.2, 0) is 27.2 Å². The minimum absolute atomic E-state index is 0.0132. The highest BCUT2D eigenvalue weighted by atomic mass is 35.5. The van der Waals surface area contributed by atoms with Crippen LogP contribution in [0.4, 0.5) is 18.9 Å². The molecular formula is C21H18ClF3N2O3S2. The molecule has 2 aliphatic heterocycles. The van der Waals surface area contributed by atoms with Crippen molar-refractivity contribution in [1.82, 2.24) is 0 Å². The molecule has 0 radical (unpaired) electrons. The molecule has 2 saturated heterocycles. The van der Waals surface area contributed by atoms with E-state index in [2.05, 4.69) is 4.99 Å². The molecule has 0 bridgehead atoms. The van der Waals surface area contributed by atoms with Gasteiger partial charge >= 0.3 is 6.18 Å². The summed E-state index contributed by atoms with van der Waals surface area (Å²) in [5, 5.41) is -0.271. The number of aliphatic imine (C=N–C) groups is 1. The maximum atomic E-state index is 13.3. The van der Waals surface area contributed by atoms with E-state index in [9.17, 15) is 26.4 Å². The number of rotatable bonds is 3. The lowest BCUT2D eigenvalue weighted by Gasteiger charge is -2.26. The highest BCUT2D eigenvalue weighted by Crippen LogP contribution is 2.44. The summed E-state index contributed by atoms with van der Waals surface area (Å²) in [7, 11) is -3.37.